The second-order valence-corrected chi connectivity index (χ2v) is 6.71. The molecular weight excluding hydrogens is 288 g/mol. The minimum atomic E-state index is -0.854. The van der Waals surface area contributed by atoms with Gasteiger partial charge in [-0.15, -0.1) is 11.3 Å². The van der Waals surface area contributed by atoms with Gasteiger partial charge in [0.15, 0.2) is 0 Å². The normalized spacial score (nSPS) is 12.7. The molecule has 5 nitrogen and oxygen atoms in total. The average molecular weight is 312 g/mol. The van der Waals surface area contributed by atoms with Crippen LogP contribution in [0.25, 0.3) is 0 Å². The fourth-order valence-corrected chi connectivity index (χ4v) is 2.86. The minimum Gasteiger partial charge on any atom is -0.481 e. The summed E-state index contributed by atoms with van der Waals surface area (Å²) in [5, 5.41) is 16.5. The Balaban J connectivity index is 2.55. The molecule has 1 unspecified atom stereocenters. The summed E-state index contributed by atoms with van der Waals surface area (Å²) in [6.07, 6.45) is 2.29. The summed E-state index contributed by atoms with van der Waals surface area (Å²) in [4.78, 5) is 23.9. The van der Waals surface area contributed by atoms with Gasteiger partial charge in [0, 0.05) is 16.8 Å². The molecule has 0 radical (unpaired) electrons. The molecule has 0 aliphatic carbocycles. The second-order valence-electron chi connectivity index (χ2n) is 5.73. The monoisotopic (exact) mass is 312 g/mol. The first-order valence-corrected chi connectivity index (χ1v) is 8.06. The largest absolute Gasteiger partial charge is 0.481 e. The van der Waals surface area contributed by atoms with Gasteiger partial charge in [-0.1, -0.05) is 19.4 Å². The van der Waals surface area contributed by atoms with Crippen LogP contribution in [0.15, 0.2) is 17.5 Å². The Morgan fingerprint density at radius 1 is 1.43 bits per heavy atom. The van der Waals surface area contributed by atoms with Crippen molar-refractivity contribution in [3.63, 3.8) is 0 Å². The third-order valence-electron chi connectivity index (χ3n) is 3.19. The van der Waals surface area contributed by atoms with E-state index in [1.807, 2.05) is 31.4 Å². The lowest BCUT2D eigenvalue weighted by molar-refractivity contribution is -0.137. The van der Waals surface area contributed by atoms with E-state index in [0.717, 1.165) is 17.7 Å². The first-order valence-electron chi connectivity index (χ1n) is 7.18. The maximum absolute atomic E-state index is 12.1. The van der Waals surface area contributed by atoms with E-state index in [0.29, 0.717) is 6.42 Å². The van der Waals surface area contributed by atoms with Gasteiger partial charge in [-0.2, -0.15) is 0 Å². The molecule has 2 amide bonds. The highest BCUT2D eigenvalue weighted by Crippen LogP contribution is 2.23. The van der Waals surface area contributed by atoms with E-state index in [1.54, 1.807) is 11.3 Å². The fourth-order valence-electron chi connectivity index (χ4n) is 2.05. The molecule has 0 aliphatic heterocycles. The van der Waals surface area contributed by atoms with Crippen LogP contribution in [-0.4, -0.2) is 22.6 Å². The van der Waals surface area contributed by atoms with Gasteiger partial charge in [0.2, 0.25) is 0 Å². The molecule has 1 atom stereocenters. The highest BCUT2D eigenvalue weighted by Gasteiger charge is 2.23. The second kappa shape index (κ2) is 8.02. The Labute approximate surface area is 129 Å². The number of aliphatic carboxylic acids is 1. The van der Waals surface area contributed by atoms with E-state index in [-0.39, 0.29) is 18.5 Å². The van der Waals surface area contributed by atoms with Gasteiger partial charge in [-0.25, -0.2) is 4.79 Å². The molecule has 6 heteroatoms. The Morgan fingerprint density at radius 3 is 2.67 bits per heavy atom. The highest BCUT2D eigenvalue weighted by atomic mass is 32.1. The van der Waals surface area contributed by atoms with E-state index in [9.17, 15) is 9.59 Å². The van der Waals surface area contributed by atoms with E-state index < -0.39 is 11.5 Å². The van der Waals surface area contributed by atoms with Crippen LogP contribution in [0.2, 0.25) is 0 Å². The molecule has 0 aromatic carbocycles. The minimum absolute atomic E-state index is 0.00488. The fraction of sp³-hybridized carbons (Fsp3) is 0.600. The lowest BCUT2D eigenvalue weighted by Gasteiger charge is -2.27. The van der Waals surface area contributed by atoms with Gasteiger partial charge in [-0.3, -0.25) is 4.79 Å². The van der Waals surface area contributed by atoms with Gasteiger partial charge in [0.1, 0.15) is 0 Å². The van der Waals surface area contributed by atoms with Crippen LogP contribution in [0.3, 0.4) is 0 Å². The molecule has 1 heterocycles. The number of urea groups is 1. The maximum Gasteiger partial charge on any atom is 0.315 e. The molecule has 0 fully saturated rings. The van der Waals surface area contributed by atoms with Gasteiger partial charge >= 0.3 is 12.0 Å². The molecule has 0 aliphatic rings. The summed E-state index contributed by atoms with van der Waals surface area (Å²) in [5.74, 6) is -0.854. The van der Waals surface area contributed by atoms with Crippen molar-refractivity contribution in [3.8, 4) is 0 Å². The molecule has 0 saturated heterocycles. The van der Waals surface area contributed by atoms with Crippen LogP contribution in [0.4, 0.5) is 4.79 Å². The average Bonchev–Trinajstić information content (AvgIpc) is 2.89. The SMILES string of the molecule is CCCC(NC(=O)NC(C)(C)CCC(=O)O)c1cccs1. The van der Waals surface area contributed by atoms with E-state index in [4.69, 9.17) is 5.11 Å². The van der Waals surface area contributed by atoms with Crippen molar-refractivity contribution in [3.05, 3.63) is 22.4 Å². The first-order chi connectivity index (χ1) is 9.84. The highest BCUT2D eigenvalue weighted by molar-refractivity contribution is 7.10. The maximum atomic E-state index is 12.1. The quantitative estimate of drug-likeness (QED) is 0.687. The Bertz CT molecular complexity index is 457. The van der Waals surface area contributed by atoms with Crippen LogP contribution >= 0.6 is 11.3 Å². The summed E-state index contributed by atoms with van der Waals surface area (Å²) < 4.78 is 0. The summed E-state index contributed by atoms with van der Waals surface area (Å²) in [6, 6.07) is 3.74. The van der Waals surface area contributed by atoms with Crippen molar-refractivity contribution in [2.24, 2.45) is 0 Å². The molecule has 0 bridgehead atoms. The predicted molar refractivity (Wildman–Crippen MR) is 84.6 cm³/mol. The van der Waals surface area contributed by atoms with Crippen molar-refractivity contribution in [1.82, 2.24) is 10.6 Å². The van der Waals surface area contributed by atoms with Crippen molar-refractivity contribution in [2.75, 3.05) is 0 Å². The summed E-state index contributed by atoms with van der Waals surface area (Å²) in [6.45, 7) is 5.74. The molecule has 3 N–H and O–H groups in total. The standard InChI is InChI=1S/C15H24N2O3S/c1-4-6-11(12-7-5-10-21-12)16-14(20)17-15(2,3)9-8-13(18)19/h5,7,10-11H,4,6,8-9H2,1-3H3,(H,18,19)(H2,16,17,20). The molecule has 0 saturated carbocycles. The molecule has 21 heavy (non-hydrogen) atoms. The molecule has 0 spiro atoms. The van der Waals surface area contributed by atoms with Crippen LogP contribution in [-0.2, 0) is 4.79 Å². The number of amides is 2. The Hall–Kier alpha value is -1.56. The van der Waals surface area contributed by atoms with Crippen LogP contribution in [0, 0.1) is 0 Å². The molecule has 1 rings (SSSR count). The van der Waals surface area contributed by atoms with Gasteiger partial charge in [0.25, 0.3) is 0 Å². The molecular formula is C15H24N2O3S. The number of carboxylic acid groups (broad SMARTS) is 1. The first kappa shape index (κ1) is 17.5. The Kier molecular flexibility index (Phi) is 6.68. The predicted octanol–water partition coefficient (Wildman–Crippen LogP) is 3.53. The van der Waals surface area contributed by atoms with Crippen LogP contribution in [0.1, 0.15) is 57.4 Å². The number of hydrogen-bond acceptors (Lipinski definition) is 3. The van der Waals surface area contributed by atoms with Crippen molar-refractivity contribution in [1.29, 1.82) is 0 Å². The molecule has 1 aromatic heterocycles. The summed E-state index contributed by atoms with van der Waals surface area (Å²) in [7, 11) is 0. The summed E-state index contributed by atoms with van der Waals surface area (Å²) >= 11 is 1.62. The van der Waals surface area contributed by atoms with Crippen molar-refractivity contribution >= 4 is 23.3 Å². The number of nitrogens with one attached hydrogen (secondary N) is 2. The number of carbonyl (C=O) groups excluding carboxylic acids is 1. The zero-order valence-corrected chi connectivity index (χ0v) is 13.6. The Morgan fingerprint density at radius 2 is 2.14 bits per heavy atom. The van der Waals surface area contributed by atoms with Crippen LogP contribution < -0.4 is 10.6 Å². The van der Waals surface area contributed by atoms with E-state index in [2.05, 4.69) is 17.6 Å². The number of hydrogen-bond donors (Lipinski definition) is 3. The smallest absolute Gasteiger partial charge is 0.315 e. The number of carboxylic acids is 1. The molecule has 1 aromatic rings. The topological polar surface area (TPSA) is 78.4 Å². The van der Waals surface area contributed by atoms with Gasteiger partial charge in [0.05, 0.1) is 6.04 Å². The van der Waals surface area contributed by atoms with Crippen molar-refractivity contribution in [2.45, 2.75) is 58.0 Å². The van der Waals surface area contributed by atoms with E-state index >= 15 is 0 Å². The van der Waals surface area contributed by atoms with Gasteiger partial charge in [-0.05, 0) is 38.1 Å². The zero-order valence-electron chi connectivity index (χ0n) is 12.8. The third-order valence-corrected chi connectivity index (χ3v) is 4.17. The molecule has 118 valence electrons. The van der Waals surface area contributed by atoms with Gasteiger partial charge < -0.3 is 15.7 Å². The number of rotatable bonds is 8. The van der Waals surface area contributed by atoms with Crippen molar-refractivity contribution < 1.29 is 14.7 Å². The third kappa shape index (κ3) is 6.62. The van der Waals surface area contributed by atoms with E-state index in [1.165, 1.54) is 0 Å². The van der Waals surface area contributed by atoms with Crippen LogP contribution in [0.5, 0.6) is 0 Å². The zero-order chi connectivity index (χ0) is 15.9. The number of thiophene rings is 1. The summed E-state index contributed by atoms with van der Waals surface area (Å²) in [5.41, 5.74) is -0.547. The lowest BCUT2D eigenvalue weighted by atomic mass is 9.99. The lowest BCUT2D eigenvalue weighted by Crippen LogP contribution is -2.49. The number of carbonyl (C=O) groups is 2.